The predicted molar refractivity (Wildman–Crippen MR) is 96.4 cm³/mol. The second-order valence-electron chi connectivity index (χ2n) is 7.35. The van der Waals surface area contributed by atoms with Gasteiger partial charge in [-0.15, -0.1) is 0 Å². The van der Waals surface area contributed by atoms with Crippen molar-refractivity contribution in [2.75, 3.05) is 0 Å². The van der Waals surface area contributed by atoms with Crippen LogP contribution in [-0.2, 0) is 6.54 Å². The zero-order chi connectivity index (χ0) is 16.8. The summed E-state index contributed by atoms with van der Waals surface area (Å²) < 4.78 is 4.80. The van der Waals surface area contributed by atoms with E-state index in [4.69, 9.17) is 4.52 Å². The van der Waals surface area contributed by atoms with Gasteiger partial charge in [0.05, 0.1) is 0 Å². The molecule has 2 aromatic rings. The highest BCUT2D eigenvalue weighted by Gasteiger charge is 2.25. The van der Waals surface area contributed by atoms with Gasteiger partial charge in [0.25, 0.3) is 0 Å². The molecule has 1 fully saturated rings. The van der Waals surface area contributed by atoms with Crippen molar-refractivity contribution >= 4 is 0 Å². The van der Waals surface area contributed by atoms with Gasteiger partial charge in [-0.2, -0.15) is 4.98 Å². The molecule has 0 amide bonds. The van der Waals surface area contributed by atoms with Crippen LogP contribution in [0.5, 0.6) is 0 Å². The molecule has 1 saturated carbocycles. The van der Waals surface area contributed by atoms with Gasteiger partial charge in [-0.25, -0.2) is 0 Å². The lowest BCUT2D eigenvalue weighted by molar-refractivity contribution is 0.213. The minimum Gasteiger partial charge on any atom is -0.342 e. The summed E-state index contributed by atoms with van der Waals surface area (Å²) in [6, 6.07) is 9.09. The topological polar surface area (TPSA) is 51.0 Å². The van der Waals surface area contributed by atoms with Crippen molar-refractivity contribution in [2.45, 2.75) is 65.0 Å². The standard InChI is InChI=1S/C20H29N3O/c1-3-4-5-17-10-15(2)11-19(12-17)21-13-16-6-8-18(9-7-16)20-22-14-24-23-20/h6-9,14-15,17,19,21H,3-5,10-13H2,1-2H3. The number of hydrogen-bond acceptors (Lipinski definition) is 4. The number of rotatable bonds is 7. The van der Waals surface area contributed by atoms with Crippen LogP contribution in [0.2, 0.25) is 0 Å². The molecule has 3 rings (SSSR count). The summed E-state index contributed by atoms with van der Waals surface area (Å²) in [7, 11) is 0. The SMILES string of the molecule is CCCCC1CC(C)CC(NCc2ccc(-c3ncon3)cc2)C1. The fourth-order valence-electron chi connectivity index (χ4n) is 3.97. The highest BCUT2D eigenvalue weighted by Crippen LogP contribution is 2.32. The molecule has 4 heteroatoms. The Labute approximate surface area is 145 Å². The second-order valence-corrected chi connectivity index (χ2v) is 7.35. The maximum absolute atomic E-state index is 4.80. The third kappa shape index (κ3) is 4.67. The molecule has 1 aromatic heterocycles. The summed E-state index contributed by atoms with van der Waals surface area (Å²) in [6.07, 6.45) is 9.52. The summed E-state index contributed by atoms with van der Waals surface area (Å²) in [5.74, 6) is 2.40. The van der Waals surface area contributed by atoms with Gasteiger partial charge in [0, 0.05) is 18.2 Å². The lowest BCUT2D eigenvalue weighted by Crippen LogP contribution is -2.36. The molecule has 0 radical (unpaired) electrons. The number of hydrogen-bond donors (Lipinski definition) is 1. The van der Waals surface area contributed by atoms with Gasteiger partial charge in [0.2, 0.25) is 12.2 Å². The van der Waals surface area contributed by atoms with E-state index >= 15 is 0 Å². The molecule has 0 aliphatic heterocycles. The van der Waals surface area contributed by atoms with E-state index in [-0.39, 0.29) is 0 Å². The van der Waals surface area contributed by atoms with Gasteiger partial charge in [-0.3, -0.25) is 0 Å². The summed E-state index contributed by atoms with van der Waals surface area (Å²) in [6.45, 7) is 5.64. The minimum atomic E-state index is 0.648. The molecule has 1 aliphatic rings. The molecule has 1 aliphatic carbocycles. The molecule has 130 valence electrons. The first-order chi connectivity index (χ1) is 11.7. The number of unbranched alkanes of at least 4 members (excludes halogenated alkanes) is 1. The molecule has 1 heterocycles. The van der Waals surface area contributed by atoms with Crippen LogP contribution in [0.3, 0.4) is 0 Å². The normalized spacial score (nSPS) is 24.2. The van der Waals surface area contributed by atoms with E-state index in [0.717, 1.165) is 23.9 Å². The van der Waals surface area contributed by atoms with Crippen molar-refractivity contribution < 1.29 is 4.52 Å². The van der Waals surface area contributed by atoms with Gasteiger partial charge < -0.3 is 9.84 Å². The van der Waals surface area contributed by atoms with E-state index in [1.54, 1.807) is 0 Å². The first-order valence-electron chi connectivity index (χ1n) is 9.33. The third-order valence-corrected chi connectivity index (χ3v) is 5.17. The van der Waals surface area contributed by atoms with Crippen molar-refractivity contribution in [2.24, 2.45) is 11.8 Å². The van der Waals surface area contributed by atoms with E-state index in [1.165, 1.54) is 50.5 Å². The third-order valence-electron chi connectivity index (χ3n) is 5.17. The zero-order valence-corrected chi connectivity index (χ0v) is 14.9. The molecule has 3 atom stereocenters. The average Bonchev–Trinajstić information content (AvgIpc) is 3.13. The molecule has 0 saturated heterocycles. The zero-order valence-electron chi connectivity index (χ0n) is 14.9. The van der Waals surface area contributed by atoms with Crippen LogP contribution >= 0.6 is 0 Å². The van der Waals surface area contributed by atoms with E-state index in [0.29, 0.717) is 11.9 Å². The van der Waals surface area contributed by atoms with Crippen molar-refractivity contribution in [3.63, 3.8) is 0 Å². The van der Waals surface area contributed by atoms with E-state index in [2.05, 4.69) is 53.6 Å². The lowest BCUT2D eigenvalue weighted by atomic mass is 9.77. The van der Waals surface area contributed by atoms with Crippen molar-refractivity contribution in [1.29, 1.82) is 0 Å². The Morgan fingerprint density at radius 2 is 2.00 bits per heavy atom. The summed E-state index contributed by atoms with van der Waals surface area (Å²) in [4.78, 5) is 4.08. The van der Waals surface area contributed by atoms with Gasteiger partial charge in [-0.1, -0.05) is 62.5 Å². The quantitative estimate of drug-likeness (QED) is 0.792. The van der Waals surface area contributed by atoms with Crippen LogP contribution in [0.1, 0.15) is 57.9 Å². The van der Waals surface area contributed by atoms with Gasteiger partial charge >= 0.3 is 0 Å². The Hall–Kier alpha value is -1.68. The maximum Gasteiger partial charge on any atom is 0.214 e. The van der Waals surface area contributed by atoms with Crippen LogP contribution in [0.4, 0.5) is 0 Å². The van der Waals surface area contributed by atoms with Gasteiger partial charge in [0.15, 0.2) is 0 Å². The highest BCUT2D eigenvalue weighted by atomic mass is 16.5. The molecular formula is C20H29N3O. The lowest BCUT2D eigenvalue weighted by Gasteiger charge is -2.34. The fourth-order valence-corrected chi connectivity index (χ4v) is 3.97. The van der Waals surface area contributed by atoms with E-state index in [9.17, 15) is 0 Å². The molecule has 0 bridgehead atoms. The molecule has 1 N–H and O–H groups in total. The first-order valence-corrected chi connectivity index (χ1v) is 9.33. The minimum absolute atomic E-state index is 0.648. The Morgan fingerprint density at radius 1 is 1.17 bits per heavy atom. The van der Waals surface area contributed by atoms with Crippen LogP contribution in [-0.4, -0.2) is 16.2 Å². The largest absolute Gasteiger partial charge is 0.342 e. The number of aromatic nitrogens is 2. The number of benzene rings is 1. The van der Waals surface area contributed by atoms with Crippen LogP contribution in [0.15, 0.2) is 35.2 Å². The Bertz CT molecular complexity index is 594. The Balaban J connectivity index is 1.51. The first kappa shape index (κ1) is 17.2. The molecular weight excluding hydrogens is 298 g/mol. The molecule has 24 heavy (non-hydrogen) atoms. The Kier molecular flexibility index (Phi) is 6.02. The molecule has 0 spiro atoms. The molecule has 1 aromatic carbocycles. The number of nitrogens with one attached hydrogen (secondary N) is 1. The smallest absolute Gasteiger partial charge is 0.214 e. The van der Waals surface area contributed by atoms with Crippen molar-refractivity contribution in [3.8, 4) is 11.4 Å². The van der Waals surface area contributed by atoms with Crippen LogP contribution in [0, 0.1) is 11.8 Å². The van der Waals surface area contributed by atoms with Crippen molar-refractivity contribution in [1.82, 2.24) is 15.5 Å². The molecule has 4 nitrogen and oxygen atoms in total. The molecule has 3 unspecified atom stereocenters. The van der Waals surface area contributed by atoms with Gasteiger partial charge in [0.1, 0.15) is 0 Å². The van der Waals surface area contributed by atoms with Crippen molar-refractivity contribution in [3.05, 3.63) is 36.2 Å². The Morgan fingerprint density at radius 3 is 2.71 bits per heavy atom. The van der Waals surface area contributed by atoms with Crippen LogP contribution < -0.4 is 5.32 Å². The second kappa shape index (κ2) is 8.43. The van der Waals surface area contributed by atoms with E-state index < -0.39 is 0 Å². The van der Waals surface area contributed by atoms with Gasteiger partial charge in [-0.05, 0) is 36.7 Å². The van der Waals surface area contributed by atoms with Crippen LogP contribution in [0.25, 0.3) is 11.4 Å². The summed E-state index contributed by atoms with van der Waals surface area (Å²) in [5, 5.41) is 7.65. The highest BCUT2D eigenvalue weighted by molar-refractivity contribution is 5.54. The van der Waals surface area contributed by atoms with E-state index in [1.807, 2.05) is 0 Å². The predicted octanol–water partition coefficient (Wildman–Crippen LogP) is 4.82. The average molecular weight is 327 g/mol. The number of nitrogens with zero attached hydrogens (tertiary/aromatic N) is 2. The fraction of sp³-hybridized carbons (Fsp3) is 0.600. The summed E-state index contributed by atoms with van der Waals surface area (Å²) >= 11 is 0. The monoisotopic (exact) mass is 327 g/mol. The maximum atomic E-state index is 4.80. The summed E-state index contributed by atoms with van der Waals surface area (Å²) in [5.41, 5.74) is 2.31.